The molecule has 0 aromatic carbocycles. The second-order valence-corrected chi connectivity index (χ2v) is 8.31. The van der Waals surface area contributed by atoms with Gasteiger partial charge >= 0.3 is 0 Å². The van der Waals surface area contributed by atoms with Crippen LogP contribution in [0.1, 0.15) is 60.9 Å². The number of fused-ring (bicyclic) bond motifs is 1. The van der Waals surface area contributed by atoms with Gasteiger partial charge in [0.25, 0.3) is 11.8 Å². The number of halogens is 2. The number of rotatable bonds is 9. The summed E-state index contributed by atoms with van der Waals surface area (Å²) in [5, 5.41) is 14.0. The van der Waals surface area contributed by atoms with E-state index in [1.54, 1.807) is 39.9 Å². The second kappa shape index (κ2) is 8.64. The molecule has 11 heteroatoms. The van der Waals surface area contributed by atoms with Crippen LogP contribution in [-0.2, 0) is 17.9 Å². The summed E-state index contributed by atoms with van der Waals surface area (Å²) < 4.78 is 29.0. The molecule has 2 N–H and O–H groups in total. The summed E-state index contributed by atoms with van der Waals surface area (Å²) in [7, 11) is 0. The van der Waals surface area contributed by atoms with Crippen LogP contribution in [0.2, 0.25) is 0 Å². The molecule has 2 amide bonds. The van der Waals surface area contributed by atoms with Gasteiger partial charge in [-0.15, -0.1) is 0 Å². The maximum absolute atomic E-state index is 12.9. The van der Waals surface area contributed by atoms with Gasteiger partial charge in [0, 0.05) is 37.5 Å². The fourth-order valence-electron chi connectivity index (χ4n) is 3.49. The zero-order valence-corrected chi connectivity index (χ0v) is 17.9. The van der Waals surface area contributed by atoms with Crippen molar-refractivity contribution >= 4 is 17.5 Å². The number of carbonyl (C=O) groups excluding carboxylic acids is 2. The smallest absolute Gasteiger partial charge is 0.269 e. The number of carbonyl (C=O) groups is 2. The third-order valence-corrected chi connectivity index (χ3v) is 5.41. The van der Waals surface area contributed by atoms with Gasteiger partial charge in [-0.3, -0.25) is 14.3 Å². The van der Waals surface area contributed by atoms with Crippen molar-refractivity contribution in [3.8, 4) is 0 Å². The quantitative estimate of drug-likeness (QED) is 0.526. The number of amides is 2. The van der Waals surface area contributed by atoms with E-state index in [0.29, 0.717) is 17.0 Å². The molecule has 32 heavy (non-hydrogen) atoms. The summed E-state index contributed by atoms with van der Waals surface area (Å²) in [5.74, 6) is -3.77. The molecule has 1 unspecified atom stereocenters. The van der Waals surface area contributed by atoms with Crippen LogP contribution in [-0.4, -0.2) is 42.1 Å². The zero-order valence-electron chi connectivity index (χ0n) is 17.9. The van der Waals surface area contributed by atoms with Crippen LogP contribution < -0.4 is 10.6 Å². The standard InChI is InChI=1S/C21H25F2N7O2/c1-13(2)30-17(5-6-26-30)20(32)25-11-16-12-29-18(28-16)7-14(10-27-29)9-24-19(31)4-3-15-8-21(15,22)23/h5-7,10,12-13,15H,3-4,8-9,11H2,1-2H3,(H,24,31)(H,25,32). The monoisotopic (exact) mass is 445 g/mol. The molecule has 1 atom stereocenters. The van der Waals surface area contributed by atoms with Crippen molar-refractivity contribution < 1.29 is 18.4 Å². The van der Waals surface area contributed by atoms with Gasteiger partial charge in [-0.2, -0.15) is 10.2 Å². The lowest BCUT2D eigenvalue weighted by molar-refractivity contribution is -0.121. The molecule has 3 aromatic rings. The molecule has 0 saturated heterocycles. The highest BCUT2D eigenvalue weighted by molar-refractivity contribution is 5.92. The van der Waals surface area contributed by atoms with Gasteiger partial charge in [-0.1, -0.05) is 0 Å². The van der Waals surface area contributed by atoms with Gasteiger partial charge in [0.1, 0.15) is 5.69 Å². The van der Waals surface area contributed by atoms with Gasteiger partial charge in [0.2, 0.25) is 5.91 Å². The Morgan fingerprint density at radius 2 is 2.03 bits per heavy atom. The van der Waals surface area contributed by atoms with E-state index in [9.17, 15) is 18.4 Å². The Balaban J connectivity index is 1.30. The van der Waals surface area contributed by atoms with Gasteiger partial charge in [-0.25, -0.2) is 18.3 Å². The van der Waals surface area contributed by atoms with E-state index in [0.717, 1.165) is 5.56 Å². The maximum atomic E-state index is 12.9. The Labute approximate surface area is 183 Å². The molecule has 1 saturated carbocycles. The van der Waals surface area contributed by atoms with Crippen molar-refractivity contribution in [2.75, 3.05) is 0 Å². The van der Waals surface area contributed by atoms with Gasteiger partial charge in [0.15, 0.2) is 5.65 Å². The van der Waals surface area contributed by atoms with Crippen LogP contribution >= 0.6 is 0 Å². The number of nitrogens with one attached hydrogen (secondary N) is 2. The topological polar surface area (TPSA) is 106 Å². The number of aromatic nitrogens is 5. The Hall–Kier alpha value is -3.37. The number of hydrogen-bond donors (Lipinski definition) is 2. The van der Waals surface area contributed by atoms with Gasteiger partial charge in [-0.05, 0) is 38.0 Å². The van der Waals surface area contributed by atoms with E-state index < -0.39 is 11.8 Å². The van der Waals surface area contributed by atoms with E-state index >= 15 is 0 Å². The van der Waals surface area contributed by atoms with Crippen molar-refractivity contribution in [3.63, 3.8) is 0 Å². The highest BCUT2D eigenvalue weighted by Crippen LogP contribution is 2.51. The van der Waals surface area contributed by atoms with Crippen LogP contribution in [0.25, 0.3) is 5.65 Å². The third-order valence-electron chi connectivity index (χ3n) is 5.41. The Kier molecular flexibility index (Phi) is 5.90. The molecule has 0 radical (unpaired) electrons. The summed E-state index contributed by atoms with van der Waals surface area (Å²) in [4.78, 5) is 28.8. The predicted octanol–water partition coefficient (Wildman–Crippen LogP) is 2.49. The van der Waals surface area contributed by atoms with Crippen molar-refractivity contribution in [2.45, 2.75) is 58.2 Å². The molecule has 1 aliphatic rings. The lowest BCUT2D eigenvalue weighted by Gasteiger charge is -2.10. The predicted molar refractivity (Wildman–Crippen MR) is 111 cm³/mol. The first kappa shape index (κ1) is 21.8. The molecule has 0 spiro atoms. The fourth-order valence-corrected chi connectivity index (χ4v) is 3.49. The largest absolute Gasteiger partial charge is 0.352 e. The minimum Gasteiger partial charge on any atom is -0.352 e. The van der Waals surface area contributed by atoms with Gasteiger partial charge < -0.3 is 10.6 Å². The Morgan fingerprint density at radius 1 is 1.25 bits per heavy atom. The molecule has 170 valence electrons. The fraction of sp³-hybridized carbons (Fsp3) is 0.476. The summed E-state index contributed by atoms with van der Waals surface area (Å²) in [6, 6.07) is 3.51. The Morgan fingerprint density at radius 3 is 2.75 bits per heavy atom. The number of alkyl halides is 2. The maximum Gasteiger partial charge on any atom is 0.269 e. The molecule has 3 heterocycles. The highest BCUT2D eigenvalue weighted by Gasteiger charge is 2.56. The molecule has 9 nitrogen and oxygen atoms in total. The molecule has 4 rings (SSSR count). The van der Waals surface area contributed by atoms with E-state index in [-0.39, 0.29) is 50.2 Å². The minimum absolute atomic E-state index is 0.0682. The molecule has 3 aromatic heterocycles. The molecular weight excluding hydrogens is 420 g/mol. The average Bonchev–Trinajstić information content (AvgIpc) is 3.13. The molecule has 0 aliphatic heterocycles. The van der Waals surface area contributed by atoms with Crippen LogP contribution in [0.3, 0.4) is 0 Å². The van der Waals surface area contributed by atoms with Crippen molar-refractivity contribution in [2.24, 2.45) is 5.92 Å². The highest BCUT2D eigenvalue weighted by atomic mass is 19.3. The molecule has 1 aliphatic carbocycles. The lowest BCUT2D eigenvalue weighted by atomic mass is 10.2. The van der Waals surface area contributed by atoms with Crippen LogP contribution in [0, 0.1) is 5.92 Å². The lowest BCUT2D eigenvalue weighted by Crippen LogP contribution is -2.26. The number of hydrogen-bond acceptors (Lipinski definition) is 5. The first-order valence-corrected chi connectivity index (χ1v) is 10.5. The molecule has 0 bridgehead atoms. The Bertz CT molecular complexity index is 1140. The number of imidazole rings is 1. The summed E-state index contributed by atoms with van der Waals surface area (Å²) >= 11 is 0. The zero-order chi connectivity index (χ0) is 22.9. The molecule has 1 fully saturated rings. The van der Waals surface area contributed by atoms with Crippen molar-refractivity contribution in [3.05, 3.63) is 47.7 Å². The first-order valence-electron chi connectivity index (χ1n) is 10.5. The van der Waals surface area contributed by atoms with E-state index in [1.807, 2.05) is 13.8 Å². The minimum atomic E-state index is -2.59. The van der Waals surface area contributed by atoms with E-state index in [2.05, 4.69) is 25.8 Å². The van der Waals surface area contributed by atoms with Gasteiger partial charge in [0.05, 0.1) is 24.6 Å². The van der Waals surface area contributed by atoms with Crippen molar-refractivity contribution in [1.82, 2.24) is 35.0 Å². The van der Waals surface area contributed by atoms with Crippen LogP contribution in [0.5, 0.6) is 0 Å². The normalized spacial score (nSPS) is 17.0. The first-order chi connectivity index (χ1) is 15.2. The summed E-state index contributed by atoms with van der Waals surface area (Å²) in [6.07, 6.45) is 5.07. The third kappa shape index (κ3) is 4.92. The summed E-state index contributed by atoms with van der Waals surface area (Å²) in [5.41, 5.74) is 2.42. The van der Waals surface area contributed by atoms with Crippen LogP contribution in [0.15, 0.2) is 30.7 Å². The SMILES string of the molecule is CC(C)n1nccc1C(=O)NCc1cn2ncc(CNC(=O)CCC3CC3(F)F)cc2n1. The second-order valence-electron chi connectivity index (χ2n) is 8.31. The summed E-state index contributed by atoms with van der Waals surface area (Å²) in [6.45, 7) is 4.36. The van der Waals surface area contributed by atoms with Crippen LogP contribution in [0.4, 0.5) is 8.78 Å². The molecular formula is C21H25F2N7O2. The number of nitrogens with zero attached hydrogens (tertiary/aromatic N) is 5. The van der Waals surface area contributed by atoms with Crippen molar-refractivity contribution in [1.29, 1.82) is 0 Å². The van der Waals surface area contributed by atoms with E-state index in [4.69, 9.17) is 0 Å². The average molecular weight is 445 g/mol. The van der Waals surface area contributed by atoms with E-state index in [1.165, 1.54) is 0 Å².